The first kappa shape index (κ1) is 12.4. The second kappa shape index (κ2) is 4.17. The smallest absolute Gasteiger partial charge is 0.346 e. The van der Waals surface area contributed by atoms with Crippen molar-refractivity contribution in [3.05, 3.63) is 71.8 Å². The van der Waals surface area contributed by atoms with Crippen molar-refractivity contribution in [2.75, 3.05) is 0 Å². The molecule has 1 aliphatic rings. The molecule has 108 valence electrons. The number of rotatable bonds is 0. The summed E-state index contributed by atoms with van der Waals surface area (Å²) in [7, 11) is 0. The van der Waals surface area contributed by atoms with Gasteiger partial charge in [-0.15, -0.1) is 0 Å². The minimum absolute atomic E-state index is 0.350. The second-order valence-electron chi connectivity index (χ2n) is 5.82. The van der Waals surface area contributed by atoms with Crippen LogP contribution in [0, 0.1) is 0 Å². The quantitative estimate of drug-likeness (QED) is 0.273. The lowest BCUT2D eigenvalue weighted by atomic mass is 9.97. The molecule has 0 radical (unpaired) electrons. The molecular weight excluding hydrogens is 288 g/mol. The van der Waals surface area contributed by atoms with Gasteiger partial charge in [0.25, 0.3) is 0 Å². The van der Waals surface area contributed by atoms with Crippen LogP contribution in [0.2, 0.25) is 0 Å². The summed E-state index contributed by atoms with van der Waals surface area (Å²) < 4.78 is 4.69. The topological polar surface area (TPSA) is 43.4 Å². The predicted molar refractivity (Wildman–Crippen MR) is 88.7 cm³/mol. The molecule has 0 N–H and O–H groups in total. The third-order valence-electron chi connectivity index (χ3n) is 4.42. The third-order valence-corrected chi connectivity index (χ3v) is 4.42. The number of hydrogen-bond donors (Lipinski definition) is 0. The Morgan fingerprint density at radius 1 is 0.522 bits per heavy atom. The first-order chi connectivity index (χ1) is 11.2. The maximum Gasteiger partial charge on any atom is 0.346 e. The second-order valence-corrected chi connectivity index (χ2v) is 5.82. The van der Waals surface area contributed by atoms with Gasteiger partial charge in [0.1, 0.15) is 0 Å². The zero-order valence-corrected chi connectivity index (χ0v) is 12.0. The van der Waals surface area contributed by atoms with Gasteiger partial charge in [0.2, 0.25) is 0 Å². The van der Waals surface area contributed by atoms with E-state index in [4.69, 9.17) is 0 Å². The Hall–Kier alpha value is -3.20. The van der Waals surface area contributed by atoms with E-state index in [9.17, 15) is 9.59 Å². The number of carbonyl (C=O) groups is 2. The van der Waals surface area contributed by atoms with Gasteiger partial charge in [-0.3, -0.25) is 0 Å². The molecule has 4 aromatic carbocycles. The number of benzene rings is 4. The van der Waals surface area contributed by atoms with Gasteiger partial charge < -0.3 is 4.74 Å². The number of cyclic esters (lactones) is 2. The van der Waals surface area contributed by atoms with E-state index in [1.54, 1.807) is 12.1 Å². The van der Waals surface area contributed by atoms with Crippen LogP contribution in [-0.2, 0) is 4.74 Å². The molecule has 0 fully saturated rings. The maximum absolute atomic E-state index is 11.7. The molecule has 0 saturated heterocycles. The largest absolute Gasteiger partial charge is 0.386 e. The molecule has 0 bridgehead atoms. The standard InChI is InChI=1S/C20H10O3/c21-19-17-9-15-7-13-5-11-3-1-2-4-12(11)6-14(13)8-16(15)10-18(17)20(22)23-19/h1-10H. The number of hydrogen-bond acceptors (Lipinski definition) is 3. The molecule has 0 saturated carbocycles. The van der Waals surface area contributed by atoms with Crippen LogP contribution in [0.25, 0.3) is 32.3 Å². The normalized spacial score (nSPS) is 13.7. The van der Waals surface area contributed by atoms with Crippen molar-refractivity contribution in [2.45, 2.75) is 0 Å². The molecule has 1 aliphatic heterocycles. The summed E-state index contributed by atoms with van der Waals surface area (Å²) in [5, 5.41) is 6.42. The predicted octanol–water partition coefficient (Wildman–Crippen LogP) is 4.46. The first-order valence-electron chi connectivity index (χ1n) is 7.36. The average Bonchev–Trinajstić information content (AvgIpc) is 2.83. The monoisotopic (exact) mass is 298 g/mol. The van der Waals surface area contributed by atoms with E-state index in [1.807, 2.05) is 24.3 Å². The maximum atomic E-state index is 11.7. The molecule has 0 aromatic heterocycles. The Balaban J connectivity index is 1.89. The molecule has 5 rings (SSSR count). The molecule has 0 atom stereocenters. The van der Waals surface area contributed by atoms with E-state index in [0.29, 0.717) is 11.1 Å². The first-order valence-corrected chi connectivity index (χ1v) is 7.36. The Labute approximate surface area is 131 Å². The minimum atomic E-state index is -0.564. The van der Waals surface area contributed by atoms with Crippen molar-refractivity contribution < 1.29 is 14.3 Å². The van der Waals surface area contributed by atoms with E-state index in [2.05, 4.69) is 29.0 Å². The van der Waals surface area contributed by atoms with E-state index >= 15 is 0 Å². The summed E-state index contributed by atoms with van der Waals surface area (Å²) >= 11 is 0. The molecule has 23 heavy (non-hydrogen) atoms. The van der Waals surface area contributed by atoms with Gasteiger partial charge in [0.05, 0.1) is 11.1 Å². The average molecular weight is 298 g/mol. The molecule has 0 amide bonds. The van der Waals surface area contributed by atoms with E-state index in [1.165, 1.54) is 10.8 Å². The van der Waals surface area contributed by atoms with Crippen molar-refractivity contribution in [2.24, 2.45) is 0 Å². The van der Waals surface area contributed by atoms with Crippen molar-refractivity contribution in [1.82, 2.24) is 0 Å². The fraction of sp³-hybridized carbons (Fsp3) is 0. The van der Waals surface area contributed by atoms with Crippen LogP contribution in [0.5, 0.6) is 0 Å². The van der Waals surface area contributed by atoms with Crippen LogP contribution in [0.4, 0.5) is 0 Å². The Kier molecular flexibility index (Phi) is 2.24. The minimum Gasteiger partial charge on any atom is -0.386 e. The Morgan fingerprint density at radius 3 is 1.39 bits per heavy atom. The highest BCUT2D eigenvalue weighted by Gasteiger charge is 2.29. The molecule has 0 aliphatic carbocycles. The molecule has 0 unspecified atom stereocenters. The lowest BCUT2D eigenvalue weighted by molar-refractivity contribution is 0.0444. The Morgan fingerprint density at radius 2 is 0.913 bits per heavy atom. The molecule has 0 spiro atoms. The highest BCUT2D eigenvalue weighted by molar-refractivity contribution is 6.18. The summed E-state index contributed by atoms with van der Waals surface area (Å²) in [5.74, 6) is -1.13. The summed E-state index contributed by atoms with van der Waals surface area (Å²) in [6, 6.07) is 20.1. The number of esters is 2. The zero-order valence-electron chi connectivity index (χ0n) is 12.0. The SMILES string of the molecule is O=C1OC(=O)c2cc3cc4cc5ccccc5cc4cc3cc21. The van der Waals surface area contributed by atoms with Crippen molar-refractivity contribution in [1.29, 1.82) is 0 Å². The van der Waals surface area contributed by atoms with Gasteiger partial charge in [-0.2, -0.15) is 0 Å². The third kappa shape index (κ3) is 1.70. The zero-order chi connectivity index (χ0) is 15.6. The van der Waals surface area contributed by atoms with Crippen LogP contribution in [-0.4, -0.2) is 11.9 Å². The summed E-state index contributed by atoms with van der Waals surface area (Å²) in [4.78, 5) is 23.4. The lowest BCUT2D eigenvalue weighted by Crippen LogP contribution is -1.96. The van der Waals surface area contributed by atoms with Gasteiger partial charge in [-0.1, -0.05) is 24.3 Å². The fourth-order valence-corrected chi connectivity index (χ4v) is 3.28. The molecule has 3 heteroatoms. The number of carbonyl (C=O) groups excluding carboxylic acids is 2. The summed E-state index contributed by atoms with van der Waals surface area (Å²) in [5.41, 5.74) is 0.699. The van der Waals surface area contributed by atoms with E-state index in [-0.39, 0.29) is 0 Å². The Bertz CT molecular complexity index is 1080. The summed E-state index contributed by atoms with van der Waals surface area (Å²) in [6.07, 6.45) is 0. The van der Waals surface area contributed by atoms with Crippen molar-refractivity contribution >= 4 is 44.3 Å². The van der Waals surface area contributed by atoms with Crippen molar-refractivity contribution in [3.8, 4) is 0 Å². The highest BCUT2D eigenvalue weighted by Crippen LogP contribution is 2.31. The summed E-state index contributed by atoms with van der Waals surface area (Å²) in [6.45, 7) is 0. The van der Waals surface area contributed by atoms with E-state index in [0.717, 1.165) is 21.5 Å². The van der Waals surface area contributed by atoms with Crippen LogP contribution < -0.4 is 0 Å². The van der Waals surface area contributed by atoms with Gasteiger partial charge in [0, 0.05) is 0 Å². The number of ether oxygens (including phenoxy) is 1. The van der Waals surface area contributed by atoms with Gasteiger partial charge >= 0.3 is 11.9 Å². The number of fused-ring (bicyclic) bond motifs is 4. The molecule has 3 nitrogen and oxygen atoms in total. The molecule has 4 aromatic rings. The van der Waals surface area contributed by atoms with Gasteiger partial charge in [0.15, 0.2) is 0 Å². The van der Waals surface area contributed by atoms with Crippen molar-refractivity contribution in [3.63, 3.8) is 0 Å². The molecule has 1 heterocycles. The van der Waals surface area contributed by atoms with E-state index < -0.39 is 11.9 Å². The van der Waals surface area contributed by atoms with Crippen LogP contribution in [0.15, 0.2) is 60.7 Å². The lowest BCUT2D eigenvalue weighted by Gasteiger charge is -2.06. The highest BCUT2D eigenvalue weighted by atomic mass is 16.6. The van der Waals surface area contributed by atoms with Crippen LogP contribution in [0.3, 0.4) is 0 Å². The molecular formula is C20H10O3. The van der Waals surface area contributed by atoms with Gasteiger partial charge in [-0.05, 0) is 68.7 Å². The van der Waals surface area contributed by atoms with Crippen LogP contribution >= 0.6 is 0 Å². The van der Waals surface area contributed by atoms with Gasteiger partial charge in [-0.25, -0.2) is 9.59 Å². The fourth-order valence-electron chi connectivity index (χ4n) is 3.28. The van der Waals surface area contributed by atoms with Crippen LogP contribution in [0.1, 0.15) is 20.7 Å².